The van der Waals surface area contributed by atoms with Crippen LogP contribution in [0.2, 0.25) is 0 Å². The number of amides is 1. The third kappa shape index (κ3) is 3.78. The van der Waals surface area contributed by atoms with Crippen molar-refractivity contribution in [2.24, 2.45) is 5.92 Å². The number of rotatable bonds is 4. The van der Waals surface area contributed by atoms with Crippen molar-refractivity contribution < 1.29 is 13.2 Å². The van der Waals surface area contributed by atoms with Gasteiger partial charge in [0.15, 0.2) is 0 Å². The van der Waals surface area contributed by atoms with Crippen LogP contribution >= 0.6 is 11.3 Å². The van der Waals surface area contributed by atoms with E-state index in [0.29, 0.717) is 23.9 Å². The number of nitrogens with zero attached hydrogens (tertiary/aromatic N) is 1. The summed E-state index contributed by atoms with van der Waals surface area (Å²) in [6, 6.07) is 1.77. The molecule has 3 rings (SSSR count). The maximum atomic E-state index is 12.7. The lowest BCUT2D eigenvalue weighted by Crippen LogP contribution is -2.38. The van der Waals surface area contributed by atoms with Gasteiger partial charge in [-0.05, 0) is 37.7 Å². The van der Waals surface area contributed by atoms with Gasteiger partial charge in [-0.3, -0.25) is 4.79 Å². The second kappa shape index (κ2) is 6.91. The summed E-state index contributed by atoms with van der Waals surface area (Å²) in [5.41, 5.74) is 0. The smallest absolute Gasteiger partial charge is 0.261 e. The van der Waals surface area contributed by atoms with Gasteiger partial charge in [-0.2, -0.15) is 4.31 Å². The molecule has 1 amide bonds. The second-order valence-electron chi connectivity index (χ2n) is 6.71. The molecular formula is C16H24N2O3S2. The predicted octanol–water partition coefficient (Wildman–Crippen LogP) is 2.84. The molecule has 2 fully saturated rings. The van der Waals surface area contributed by atoms with Crippen molar-refractivity contribution >= 4 is 27.3 Å². The minimum Gasteiger partial charge on any atom is -0.349 e. The SMILES string of the molecule is C[C@H]1CCCN(S(=O)(=O)c2csc(C(=O)NC3CCCC3)c2)C1. The lowest BCUT2D eigenvalue weighted by Gasteiger charge is -2.29. The Morgan fingerprint density at radius 1 is 1.26 bits per heavy atom. The number of piperidine rings is 1. The van der Waals surface area contributed by atoms with Crippen LogP contribution in [-0.2, 0) is 10.0 Å². The highest BCUT2D eigenvalue weighted by molar-refractivity contribution is 7.89. The van der Waals surface area contributed by atoms with Gasteiger partial charge in [-0.25, -0.2) is 8.42 Å². The van der Waals surface area contributed by atoms with Gasteiger partial charge in [-0.1, -0.05) is 19.8 Å². The van der Waals surface area contributed by atoms with Crippen LogP contribution in [0.5, 0.6) is 0 Å². The van der Waals surface area contributed by atoms with Crippen LogP contribution in [0.25, 0.3) is 0 Å². The molecule has 1 aromatic rings. The van der Waals surface area contributed by atoms with Crippen LogP contribution < -0.4 is 5.32 Å². The van der Waals surface area contributed by atoms with Gasteiger partial charge in [0.2, 0.25) is 10.0 Å². The number of hydrogen-bond donors (Lipinski definition) is 1. The molecule has 0 aromatic carbocycles. The van der Waals surface area contributed by atoms with E-state index in [9.17, 15) is 13.2 Å². The van der Waals surface area contributed by atoms with Gasteiger partial charge < -0.3 is 5.32 Å². The van der Waals surface area contributed by atoms with E-state index in [-0.39, 0.29) is 16.8 Å². The summed E-state index contributed by atoms with van der Waals surface area (Å²) in [4.78, 5) is 13.0. The van der Waals surface area contributed by atoms with E-state index in [4.69, 9.17) is 0 Å². The molecular weight excluding hydrogens is 332 g/mol. The molecule has 1 N–H and O–H groups in total. The molecule has 1 atom stereocenters. The van der Waals surface area contributed by atoms with E-state index in [1.54, 1.807) is 9.69 Å². The summed E-state index contributed by atoms with van der Waals surface area (Å²) in [5, 5.41) is 4.60. The molecule has 0 unspecified atom stereocenters. The van der Waals surface area contributed by atoms with Gasteiger partial charge in [-0.15, -0.1) is 11.3 Å². The largest absolute Gasteiger partial charge is 0.349 e. The summed E-state index contributed by atoms with van der Waals surface area (Å²) in [6.07, 6.45) is 6.33. The Morgan fingerprint density at radius 3 is 2.70 bits per heavy atom. The molecule has 1 saturated heterocycles. The van der Waals surface area contributed by atoms with Crippen LogP contribution in [0.3, 0.4) is 0 Å². The van der Waals surface area contributed by atoms with E-state index in [1.165, 1.54) is 17.4 Å². The third-order valence-corrected chi connectivity index (χ3v) is 7.67. The zero-order valence-electron chi connectivity index (χ0n) is 13.5. The van der Waals surface area contributed by atoms with Gasteiger partial charge in [0.05, 0.1) is 9.77 Å². The van der Waals surface area contributed by atoms with Crippen molar-refractivity contribution in [2.45, 2.75) is 56.4 Å². The highest BCUT2D eigenvalue weighted by atomic mass is 32.2. The first kappa shape index (κ1) is 16.9. The third-order valence-electron chi connectivity index (χ3n) is 4.75. The van der Waals surface area contributed by atoms with Crippen LogP contribution in [0.1, 0.15) is 55.1 Å². The average molecular weight is 357 g/mol. The molecule has 1 aromatic heterocycles. The first-order valence-corrected chi connectivity index (χ1v) is 10.7. The van der Waals surface area contributed by atoms with E-state index >= 15 is 0 Å². The van der Waals surface area contributed by atoms with Crippen molar-refractivity contribution in [3.63, 3.8) is 0 Å². The van der Waals surface area contributed by atoms with Crippen molar-refractivity contribution in [1.29, 1.82) is 0 Å². The molecule has 128 valence electrons. The minimum atomic E-state index is -3.47. The zero-order chi connectivity index (χ0) is 16.4. The molecule has 2 aliphatic rings. The quantitative estimate of drug-likeness (QED) is 0.902. The van der Waals surface area contributed by atoms with Gasteiger partial charge in [0.25, 0.3) is 5.91 Å². The number of carbonyl (C=O) groups is 1. The van der Waals surface area contributed by atoms with Crippen molar-refractivity contribution in [3.05, 3.63) is 16.3 Å². The molecule has 5 nitrogen and oxygen atoms in total. The van der Waals surface area contributed by atoms with E-state index in [0.717, 1.165) is 38.5 Å². The van der Waals surface area contributed by atoms with Gasteiger partial charge in [0, 0.05) is 24.5 Å². The highest BCUT2D eigenvalue weighted by Gasteiger charge is 2.30. The average Bonchev–Trinajstić information content (AvgIpc) is 3.18. The minimum absolute atomic E-state index is 0.143. The maximum absolute atomic E-state index is 12.7. The Bertz CT molecular complexity index is 663. The van der Waals surface area contributed by atoms with Crippen LogP contribution in [0, 0.1) is 5.92 Å². The Hall–Kier alpha value is -0.920. The lowest BCUT2D eigenvalue weighted by molar-refractivity contribution is 0.0942. The van der Waals surface area contributed by atoms with Gasteiger partial charge in [0.1, 0.15) is 0 Å². The Kier molecular flexibility index (Phi) is 5.08. The van der Waals surface area contributed by atoms with Gasteiger partial charge >= 0.3 is 0 Å². The number of hydrogen-bond acceptors (Lipinski definition) is 4. The second-order valence-corrected chi connectivity index (χ2v) is 9.56. The summed E-state index contributed by atoms with van der Waals surface area (Å²) in [7, 11) is -3.47. The first-order valence-electron chi connectivity index (χ1n) is 8.36. The van der Waals surface area contributed by atoms with Crippen LogP contribution in [0.15, 0.2) is 16.3 Å². The first-order chi connectivity index (χ1) is 11.0. The van der Waals surface area contributed by atoms with Crippen molar-refractivity contribution in [1.82, 2.24) is 9.62 Å². The van der Waals surface area contributed by atoms with Crippen LogP contribution in [0.4, 0.5) is 0 Å². The van der Waals surface area contributed by atoms with Crippen molar-refractivity contribution in [2.75, 3.05) is 13.1 Å². The monoisotopic (exact) mass is 356 g/mol. The number of carbonyl (C=O) groups excluding carboxylic acids is 1. The summed E-state index contributed by atoms with van der Waals surface area (Å²) in [5.74, 6) is 0.248. The fourth-order valence-electron chi connectivity index (χ4n) is 3.41. The van der Waals surface area contributed by atoms with Crippen LogP contribution in [-0.4, -0.2) is 37.8 Å². The molecule has 0 radical (unpaired) electrons. The van der Waals surface area contributed by atoms with E-state index in [1.807, 2.05) is 0 Å². The van der Waals surface area contributed by atoms with E-state index in [2.05, 4.69) is 12.2 Å². The molecule has 23 heavy (non-hydrogen) atoms. The normalized spacial score (nSPS) is 24.0. The maximum Gasteiger partial charge on any atom is 0.261 e. The molecule has 7 heteroatoms. The fourth-order valence-corrected chi connectivity index (χ4v) is 6.18. The summed E-state index contributed by atoms with van der Waals surface area (Å²) >= 11 is 1.21. The highest BCUT2D eigenvalue weighted by Crippen LogP contribution is 2.27. The zero-order valence-corrected chi connectivity index (χ0v) is 15.1. The van der Waals surface area contributed by atoms with E-state index < -0.39 is 10.0 Å². The molecule has 2 heterocycles. The molecule has 1 saturated carbocycles. The number of thiophene rings is 1. The Morgan fingerprint density at radius 2 is 2.00 bits per heavy atom. The molecule has 0 spiro atoms. The van der Waals surface area contributed by atoms with Crippen molar-refractivity contribution in [3.8, 4) is 0 Å². The summed E-state index contributed by atoms with van der Waals surface area (Å²) < 4.78 is 27.0. The fraction of sp³-hybridized carbons (Fsp3) is 0.688. The predicted molar refractivity (Wildman–Crippen MR) is 91.2 cm³/mol. The Labute approximate surface area is 142 Å². The Balaban J connectivity index is 1.71. The number of nitrogens with one attached hydrogen (secondary N) is 1. The number of sulfonamides is 1. The molecule has 1 aliphatic carbocycles. The summed E-state index contributed by atoms with van der Waals surface area (Å²) in [6.45, 7) is 3.23. The molecule has 1 aliphatic heterocycles. The molecule has 0 bridgehead atoms. The topological polar surface area (TPSA) is 66.5 Å². The standard InChI is InChI=1S/C16H24N2O3S2/c1-12-5-4-8-18(10-12)23(20,21)14-9-15(22-11-14)16(19)17-13-6-2-3-7-13/h9,11-13H,2-8,10H2,1H3,(H,17,19)/t12-/m0/s1. The lowest BCUT2D eigenvalue weighted by atomic mass is 10.0.